The van der Waals surface area contributed by atoms with E-state index in [1.165, 1.54) is 6.20 Å². The summed E-state index contributed by atoms with van der Waals surface area (Å²) in [5, 5.41) is 30.7. The van der Waals surface area contributed by atoms with E-state index in [1.807, 2.05) is 54.6 Å². The monoisotopic (exact) mass is 470 g/mol. The highest BCUT2D eigenvalue weighted by Crippen LogP contribution is 2.41. The third kappa shape index (κ3) is 4.96. The highest BCUT2D eigenvalue weighted by molar-refractivity contribution is 5.96. The van der Waals surface area contributed by atoms with Gasteiger partial charge >= 0.3 is 0 Å². The van der Waals surface area contributed by atoms with Crippen LogP contribution in [0.4, 0.5) is 11.5 Å². The van der Waals surface area contributed by atoms with Crippen molar-refractivity contribution in [2.75, 3.05) is 17.2 Å². The molecule has 4 N–H and O–H groups in total. The molecular weight excluding hydrogens is 440 g/mol. The predicted octanol–water partition coefficient (Wildman–Crippen LogP) is 3.99. The molecule has 1 heterocycles. The molecule has 0 aliphatic heterocycles. The fourth-order valence-electron chi connectivity index (χ4n) is 4.23. The Balaban J connectivity index is 1.94. The zero-order valence-corrected chi connectivity index (χ0v) is 19.6. The molecule has 0 fully saturated rings. The van der Waals surface area contributed by atoms with Crippen molar-refractivity contribution in [2.45, 2.75) is 31.5 Å². The van der Waals surface area contributed by atoms with E-state index in [-0.39, 0.29) is 13.2 Å². The highest BCUT2D eigenvalue weighted by Gasteiger charge is 2.38. The van der Waals surface area contributed by atoms with Crippen molar-refractivity contribution in [1.29, 1.82) is 0 Å². The second kappa shape index (κ2) is 11.0. The molecule has 180 valence electrons. The first-order chi connectivity index (χ1) is 17.1. The Morgan fingerprint density at radius 2 is 1.40 bits per heavy atom. The fourth-order valence-corrected chi connectivity index (χ4v) is 4.23. The number of rotatable bonds is 10. The van der Waals surface area contributed by atoms with Crippen molar-refractivity contribution in [1.82, 2.24) is 9.78 Å². The lowest BCUT2D eigenvalue weighted by Crippen LogP contribution is -2.39. The Morgan fingerprint density at radius 1 is 0.914 bits per heavy atom. The number of hydrogen-bond acceptors (Lipinski definition) is 5. The third-order valence-electron chi connectivity index (χ3n) is 6.02. The quantitative estimate of drug-likeness (QED) is 0.263. The molecule has 35 heavy (non-hydrogen) atoms. The van der Waals surface area contributed by atoms with E-state index in [2.05, 4.69) is 52.1 Å². The van der Waals surface area contributed by atoms with Gasteiger partial charge in [-0.15, -0.1) is 0 Å². The van der Waals surface area contributed by atoms with Gasteiger partial charge in [-0.1, -0.05) is 97.9 Å². The van der Waals surface area contributed by atoms with Crippen molar-refractivity contribution in [3.05, 3.63) is 114 Å². The minimum Gasteiger partial charge on any atom is -0.394 e. The summed E-state index contributed by atoms with van der Waals surface area (Å²) in [5.74, 6) is 0.0103. The second-order valence-electron chi connectivity index (χ2n) is 8.24. The van der Waals surface area contributed by atoms with Crippen LogP contribution in [0.5, 0.6) is 0 Å². The fraction of sp³-hybridized carbons (Fsp3) is 0.214. The molecular formula is C28H30N4O3. The summed E-state index contributed by atoms with van der Waals surface area (Å²) in [6.45, 7) is 1.84. The van der Waals surface area contributed by atoms with Gasteiger partial charge in [0.15, 0.2) is 0 Å². The van der Waals surface area contributed by atoms with Crippen LogP contribution in [-0.4, -0.2) is 38.6 Å². The molecule has 3 aromatic carbocycles. The topological polar surface area (TPSA) is 99.4 Å². The van der Waals surface area contributed by atoms with E-state index in [0.29, 0.717) is 17.9 Å². The van der Waals surface area contributed by atoms with Crippen LogP contribution >= 0.6 is 0 Å². The summed E-state index contributed by atoms with van der Waals surface area (Å²) in [6, 6.07) is 30.2. The molecule has 0 saturated carbocycles. The van der Waals surface area contributed by atoms with Crippen molar-refractivity contribution in [3.63, 3.8) is 0 Å². The minimum absolute atomic E-state index is 0.129. The number of benzene rings is 3. The second-order valence-corrected chi connectivity index (χ2v) is 8.24. The van der Waals surface area contributed by atoms with E-state index in [9.17, 15) is 15.0 Å². The Kier molecular flexibility index (Phi) is 7.60. The first kappa shape index (κ1) is 24.2. The van der Waals surface area contributed by atoms with E-state index in [4.69, 9.17) is 0 Å². The van der Waals surface area contributed by atoms with Gasteiger partial charge in [-0.2, -0.15) is 5.10 Å². The van der Waals surface area contributed by atoms with Crippen LogP contribution in [0.15, 0.2) is 97.2 Å². The molecule has 0 bridgehead atoms. The number of carbonyl (C=O) groups is 1. The van der Waals surface area contributed by atoms with Crippen LogP contribution in [0.3, 0.4) is 0 Å². The van der Waals surface area contributed by atoms with Crippen molar-refractivity contribution < 1.29 is 15.0 Å². The van der Waals surface area contributed by atoms with Crippen LogP contribution in [0, 0.1) is 0 Å². The summed E-state index contributed by atoms with van der Waals surface area (Å²) in [5.41, 5.74) is 2.53. The summed E-state index contributed by atoms with van der Waals surface area (Å²) >= 11 is 0. The molecule has 1 aromatic heterocycles. The Hall–Kier alpha value is -3.94. The number of amides is 1. The largest absolute Gasteiger partial charge is 0.394 e. The van der Waals surface area contributed by atoms with Crippen molar-refractivity contribution >= 4 is 17.4 Å². The van der Waals surface area contributed by atoms with Crippen LogP contribution in [0.25, 0.3) is 0 Å². The number of hydrogen-bond donors (Lipinski definition) is 4. The van der Waals surface area contributed by atoms with Gasteiger partial charge < -0.3 is 20.8 Å². The number of aliphatic hydroxyl groups excluding tert-OH is 2. The molecule has 4 rings (SSSR count). The minimum atomic E-state index is -1.13. The maximum Gasteiger partial charge on any atom is 0.253 e. The standard InChI is InChI=1S/C28H30N4O3/c1-2-25(34)27(35)30-24-20-29-32(18-19-33)26(24)31-28(21-12-6-3-7-13-21,22-14-8-4-9-15-22)23-16-10-5-11-17-23/h3-17,20,25,31,33-34H,2,18-19H2,1H3,(H,30,35)/t25-/m0/s1. The van der Waals surface area contributed by atoms with Gasteiger partial charge in [0.05, 0.1) is 19.3 Å². The molecule has 1 atom stereocenters. The number of nitrogens with one attached hydrogen (secondary N) is 2. The molecule has 0 aliphatic rings. The van der Waals surface area contributed by atoms with Gasteiger partial charge in [0.1, 0.15) is 23.1 Å². The SMILES string of the molecule is CC[C@H](O)C(=O)Nc1cnn(CCO)c1NC(c1ccccc1)(c1ccccc1)c1ccccc1. The van der Waals surface area contributed by atoms with Crippen LogP contribution in [0.1, 0.15) is 30.0 Å². The van der Waals surface area contributed by atoms with Gasteiger partial charge in [0.2, 0.25) is 0 Å². The van der Waals surface area contributed by atoms with Gasteiger partial charge in [0.25, 0.3) is 5.91 Å². The Morgan fingerprint density at radius 3 is 1.83 bits per heavy atom. The van der Waals surface area contributed by atoms with E-state index in [1.54, 1.807) is 11.6 Å². The van der Waals surface area contributed by atoms with Gasteiger partial charge in [-0.3, -0.25) is 4.79 Å². The molecule has 4 aromatic rings. The maximum absolute atomic E-state index is 12.6. The van der Waals surface area contributed by atoms with E-state index < -0.39 is 17.6 Å². The molecule has 0 unspecified atom stereocenters. The first-order valence-electron chi connectivity index (χ1n) is 11.7. The van der Waals surface area contributed by atoms with Gasteiger partial charge in [0, 0.05) is 0 Å². The maximum atomic E-state index is 12.6. The summed E-state index contributed by atoms with van der Waals surface area (Å²) in [4.78, 5) is 12.6. The lowest BCUT2D eigenvalue weighted by Gasteiger charge is -2.38. The number of carbonyl (C=O) groups excluding carboxylic acids is 1. The Labute approximate surface area is 205 Å². The highest BCUT2D eigenvalue weighted by atomic mass is 16.3. The van der Waals surface area contributed by atoms with Gasteiger partial charge in [-0.25, -0.2) is 4.68 Å². The smallest absolute Gasteiger partial charge is 0.253 e. The molecule has 7 heteroatoms. The molecule has 0 saturated heterocycles. The zero-order chi connectivity index (χ0) is 24.7. The normalized spacial score (nSPS) is 12.2. The molecule has 0 spiro atoms. The van der Waals surface area contributed by atoms with E-state index >= 15 is 0 Å². The number of anilines is 2. The third-order valence-corrected chi connectivity index (χ3v) is 6.02. The first-order valence-corrected chi connectivity index (χ1v) is 11.7. The average molecular weight is 471 g/mol. The number of nitrogens with zero attached hydrogens (tertiary/aromatic N) is 2. The predicted molar refractivity (Wildman–Crippen MR) is 137 cm³/mol. The lowest BCUT2D eigenvalue weighted by atomic mass is 9.77. The number of aliphatic hydroxyl groups is 2. The Bertz CT molecular complexity index is 1130. The molecule has 0 radical (unpaired) electrons. The lowest BCUT2D eigenvalue weighted by molar-refractivity contribution is -0.124. The molecule has 7 nitrogen and oxygen atoms in total. The van der Waals surface area contributed by atoms with Crippen LogP contribution in [0.2, 0.25) is 0 Å². The number of aromatic nitrogens is 2. The average Bonchev–Trinajstić information content (AvgIpc) is 3.28. The molecule has 1 amide bonds. The van der Waals surface area contributed by atoms with Crippen molar-refractivity contribution in [2.24, 2.45) is 0 Å². The van der Waals surface area contributed by atoms with Crippen LogP contribution in [-0.2, 0) is 16.9 Å². The van der Waals surface area contributed by atoms with Crippen molar-refractivity contribution in [3.8, 4) is 0 Å². The zero-order valence-electron chi connectivity index (χ0n) is 19.6. The van der Waals surface area contributed by atoms with Gasteiger partial charge in [-0.05, 0) is 23.1 Å². The molecule has 0 aliphatic carbocycles. The summed E-state index contributed by atoms with van der Waals surface area (Å²) in [7, 11) is 0. The summed E-state index contributed by atoms with van der Waals surface area (Å²) < 4.78 is 1.62. The summed E-state index contributed by atoms with van der Waals surface area (Å²) in [6.07, 6.45) is 0.692. The van der Waals surface area contributed by atoms with E-state index in [0.717, 1.165) is 16.7 Å². The van der Waals surface area contributed by atoms with Crippen LogP contribution < -0.4 is 10.6 Å².